The van der Waals surface area contributed by atoms with Gasteiger partial charge in [-0.25, -0.2) is 0 Å². The SMILES string of the molecule is CNC(=O)[C@@]1(C)CCCC[C@H]1C(=O)N1CCc2c(Cl)ccc(OCc3nnn(C)c3C3CC3)c2[C@H]1CN1CC2(CC2)CC1=O. The average Bonchev–Trinajstić information content (AvgIpc) is 3.94. The fraction of sp³-hybridized carbons (Fsp3) is 0.667. The highest BCUT2D eigenvalue weighted by atomic mass is 35.5. The lowest BCUT2D eigenvalue weighted by atomic mass is 9.66. The molecular weight excluding hydrogens is 580 g/mol. The zero-order valence-electron chi connectivity index (χ0n) is 26.0. The Morgan fingerprint density at radius 2 is 1.95 bits per heavy atom. The van der Waals surface area contributed by atoms with Crippen molar-refractivity contribution in [2.24, 2.45) is 23.8 Å². The van der Waals surface area contributed by atoms with E-state index < -0.39 is 17.4 Å². The highest BCUT2D eigenvalue weighted by Crippen LogP contribution is 2.54. The predicted molar refractivity (Wildman–Crippen MR) is 164 cm³/mol. The van der Waals surface area contributed by atoms with Gasteiger partial charge < -0.3 is 19.9 Å². The van der Waals surface area contributed by atoms with Crippen molar-refractivity contribution < 1.29 is 19.1 Å². The lowest BCUT2D eigenvalue weighted by Crippen LogP contribution is -2.54. The van der Waals surface area contributed by atoms with Crippen LogP contribution in [-0.4, -0.2) is 69.2 Å². The first-order chi connectivity index (χ1) is 21.1. The molecule has 3 heterocycles. The molecule has 3 atom stereocenters. The summed E-state index contributed by atoms with van der Waals surface area (Å²) in [5.41, 5.74) is 3.09. The van der Waals surface area contributed by atoms with Gasteiger partial charge in [0.25, 0.3) is 0 Å². The molecular formula is C33H43ClN6O4. The molecule has 11 heteroatoms. The van der Waals surface area contributed by atoms with Crippen LogP contribution in [0.2, 0.25) is 5.02 Å². The van der Waals surface area contributed by atoms with E-state index in [2.05, 4.69) is 15.6 Å². The van der Waals surface area contributed by atoms with Gasteiger partial charge in [0.15, 0.2) is 0 Å². The van der Waals surface area contributed by atoms with Gasteiger partial charge in [-0.2, -0.15) is 0 Å². The molecule has 2 aromatic rings. The largest absolute Gasteiger partial charge is 0.487 e. The number of rotatable bonds is 8. The van der Waals surface area contributed by atoms with Crippen molar-refractivity contribution in [2.75, 3.05) is 26.7 Å². The zero-order chi connectivity index (χ0) is 30.8. The Bertz CT molecular complexity index is 1500. The second kappa shape index (κ2) is 11.0. The zero-order valence-corrected chi connectivity index (χ0v) is 26.8. The topological polar surface area (TPSA) is 110 Å². The van der Waals surface area contributed by atoms with Crippen LogP contribution in [0.15, 0.2) is 12.1 Å². The third-order valence-electron chi connectivity index (χ3n) is 11.1. The standard InChI is InChI=1S/C33H43ClN6O4/c1-32(31(43)35-2)12-5-4-6-22(32)30(42)40-15-11-21-23(34)9-10-26(44-18-24-29(20-7-8-20)38(3)37-36-24)28(21)25(40)17-39-19-33(13-14-33)16-27(39)41/h9-10,20,22,25H,4-8,11-19H2,1-3H3,(H,35,43)/t22-,25+,32-/m0/s1. The minimum absolute atomic E-state index is 0.0184. The maximum atomic E-state index is 14.7. The van der Waals surface area contributed by atoms with Crippen LogP contribution >= 0.6 is 11.6 Å². The molecule has 1 aromatic heterocycles. The van der Waals surface area contributed by atoms with Crippen molar-refractivity contribution in [3.63, 3.8) is 0 Å². The van der Waals surface area contributed by atoms with Crippen LogP contribution in [0.5, 0.6) is 5.75 Å². The number of halogens is 1. The van der Waals surface area contributed by atoms with Crippen LogP contribution in [0.4, 0.5) is 0 Å². The van der Waals surface area contributed by atoms with Gasteiger partial charge in [0.1, 0.15) is 18.1 Å². The summed E-state index contributed by atoms with van der Waals surface area (Å²) in [6.07, 6.45) is 8.74. The molecule has 4 fully saturated rings. The molecule has 0 bridgehead atoms. The van der Waals surface area contributed by atoms with E-state index in [1.807, 2.05) is 40.6 Å². The van der Waals surface area contributed by atoms with E-state index in [4.69, 9.17) is 16.3 Å². The number of nitrogens with zero attached hydrogens (tertiary/aromatic N) is 5. The normalized spacial score (nSPS) is 27.4. The van der Waals surface area contributed by atoms with E-state index in [1.165, 1.54) is 0 Å². The molecule has 5 aliphatic rings. The summed E-state index contributed by atoms with van der Waals surface area (Å²) in [6.45, 7) is 3.78. The molecule has 0 unspecified atom stereocenters. The van der Waals surface area contributed by atoms with E-state index in [1.54, 1.807) is 7.05 Å². The minimum Gasteiger partial charge on any atom is -0.487 e. The van der Waals surface area contributed by atoms with Gasteiger partial charge in [-0.05, 0) is 75.0 Å². The van der Waals surface area contributed by atoms with E-state index >= 15 is 0 Å². The van der Waals surface area contributed by atoms with E-state index in [0.717, 1.165) is 67.6 Å². The van der Waals surface area contributed by atoms with Gasteiger partial charge in [-0.15, -0.1) is 5.10 Å². The lowest BCUT2D eigenvalue weighted by Gasteiger charge is -2.46. The van der Waals surface area contributed by atoms with Crippen molar-refractivity contribution >= 4 is 29.3 Å². The number of aromatic nitrogens is 3. The summed E-state index contributed by atoms with van der Waals surface area (Å²) < 4.78 is 8.39. The maximum absolute atomic E-state index is 14.7. The van der Waals surface area contributed by atoms with Crippen LogP contribution in [0.1, 0.15) is 99.2 Å². The third-order valence-corrected chi connectivity index (χ3v) is 11.5. The predicted octanol–water partition coefficient (Wildman–Crippen LogP) is 4.31. The molecule has 7 rings (SSSR count). The molecule has 1 aromatic carbocycles. The third kappa shape index (κ3) is 5.07. The number of fused-ring (bicyclic) bond motifs is 1. The number of hydrogen-bond acceptors (Lipinski definition) is 6. The smallest absolute Gasteiger partial charge is 0.227 e. The molecule has 3 aliphatic carbocycles. The van der Waals surface area contributed by atoms with E-state index in [9.17, 15) is 14.4 Å². The van der Waals surface area contributed by atoms with Crippen LogP contribution in [0, 0.1) is 16.7 Å². The van der Waals surface area contributed by atoms with Crippen molar-refractivity contribution in [1.29, 1.82) is 0 Å². The number of amides is 3. The molecule has 1 N–H and O–H groups in total. The van der Waals surface area contributed by atoms with Gasteiger partial charge in [0, 0.05) is 56.7 Å². The minimum atomic E-state index is -0.782. The maximum Gasteiger partial charge on any atom is 0.227 e. The first-order valence-electron chi connectivity index (χ1n) is 16.3. The van der Waals surface area contributed by atoms with Crippen molar-refractivity contribution in [3.05, 3.63) is 39.7 Å². The molecule has 1 saturated heterocycles. The molecule has 1 spiro atoms. The number of aryl methyl sites for hydroxylation is 1. The summed E-state index contributed by atoms with van der Waals surface area (Å²) in [4.78, 5) is 45.0. The van der Waals surface area contributed by atoms with E-state index in [0.29, 0.717) is 55.5 Å². The van der Waals surface area contributed by atoms with Crippen molar-refractivity contribution in [3.8, 4) is 5.75 Å². The molecule has 44 heavy (non-hydrogen) atoms. The first kappa shape index (κ1) is 29.6. The van der Waals surface area contributed by atoms with E-state index in [-0.39, 0.29) is 29.7 Å². The number of carbonyl (C=O) groups is 3. The number of hydrogen-bond donors (Lipinski definition) is 1. The Balaban J connectivity index is 1.25. The molecule has 10 nitrogen and oxygen atoms in total. The number of carbonyl (C=O) groups excluding carboxylic acids is 3. The number of benzene rings is 1. The molecule has 3 amide bonds. The van der Waals surface area contributed by atoms with Gasteiger partial charge in [-0.3, -0.25) is 19.1 Å². The first-order valence-corrected chi connectivity index (χ1v) is 16.6. The van der Waals surface area contributed by atoms with Crippen LogP contribution in [-0.2, 0) is 34.5 Å². The Morgan fingerprint density at radius 1 is 1.16 bits per heavy atom. The van der Waals surface area contributed by atoms with Crippen LogP contribution in [0.3, 0.4) is 0 Å². The Morgan fingerprint density at radius 3 is 2.66 bits per heavy atom. The Kier molecular flexibility index (Phi) is 7.41. The summed E-state index contributed by atoms with van der Waals surface area (Å²) >= 11 is 6.84. The molecule has 0 radical (unpaired) electrons. The summed E-state index contributed by atoms with van der Waals surface area (Å²) in [6, 6.07) is 3.32. The highest BCUT2D eigenvalue weighted by molar-refractivity contribution is 6.31. The van der Waals surface area contributed by atoms with Gasteiger partial charge in [0.2, 0.25) is 17.7 Å². The Labute approximate surface area is 263 Å². The molecule has 3 saturated carbocycles. The quantitative estimate of drug-likeness (QED) is 0.470. The fourth-order valence-electron chi connectivity index (χ4n) is 8.23. The molecule has 2 aliphatic heterocycles. The fourth-order valence-corrected chi connectivity index (χ4v) is 8.49. The number of likely N-dealkylation sites (tertiary alicyclic amines) is 1. The van der Waals surface area contributed by atoms with Gasteiger partial charge in [0.05, 0.1) is 23.1 Å². The second-order valence-corrected chi connectivity index (χ2v) is 14.5. The summed E-state index contributed by atoms with van der Waals surface area (Å²) in [5.74, 6) is 0.730. The number of nitrogens with one attached hydrogen (secondary N) is 1. The van der Waals surface area contributed by atoms with Gasteiger partial charge in [-0.1, -0.05) is 29.7 Å². The lowest BCUT2D eigenvalue weighted by molar-refractivity contribution is -0.153. The monoisotopic (exact) mass is 622 g/mol. The summed E-state index contributed by atoms with van der Waals surface area (Å²) in [7, 11) is 3.57. The molecule has 236 valence electrons. The summed E-state index contributed by atoms with van der Waals surface area (Å²) in [5, 5.41) is 12.1. The van der Waals surface area contributed by atoms with Crippen LogP contribution in [0.25, 0.3) is 0 Å². The highest BCUT2D eigenvalue weighted by Gasteiger charge is 2.53. The van der Waals surface area contributed by atoms with Crippen molar-refractivity contribution in [1.82, 2.24) is 30.1 Å². The average molecular weight is 623 g/mol. The second-order valence-electron chi connectivity index (χ2n) is 14.1. The van der Waals surface area contributed by atoms with Gasteiger partial charge >= 0.3 is 0 Å². The van der Waals surface area contributed by atoms with Crippen LogP contribution < -0.4 is 10.1 Å². The Hall–Kier alpha value is -3.14. The van der Waals surface area contributed by atoms with Crippen molar-refractivity contribution in [2.45, 2.75) is 89.7 Å². The number of ether oxygens (including phenoxy) is 1.